The van der Waals surface area contributed by atoms with Gasteiger partial charge in [-0.2, -0.15) is 0 Å². The van der Waals surface area contributed by atoms with Gasteiger partial charge < -0.3 is 5.32 Å². The van der Waals surface area contributed by atoms with E-state index in [-0.39, 0.29) is 11.3 Å². The Morgan fingerprint density at radius 3 is 2.64 bits per heavy atom. The molecule has 0 fully saturated rings. The van der Waals surface area contributed by atoms with Crippen molar-refractivity contribution in [1.82, 2.24) is 20.3 Å². The van der Waals surface area contributed by atoms with Gasteiger partial charge in [-0.3, -0.25) is 9.78 Å². The predicted molar refractivity (Wildman–Crippen MR) is 98.4 cm³/mol. The topological polar surface area (TPSA) is 67.8 Å². The molecule has 0 bridgehead atoms. The van der Waals surface area contributed by atoms with Crippen molar-refractivity contribution in [1.29, 1.82) is 0 Å². The van der Waals surface area contributed by atoms with Crippen molar-refractivity contribution >= 4 is 16.9 Å². The predicted octanol–water partition coefficient (Wildman–Crippen LogP) is 3.56. The molecule has 0 aromatic carbocycles. The number of amides is 1. The zero-order valence-corrected chi connectivity index (χ0v) is 15.0. The van der Waals surface area contributed by atoms with E-state index in [1.54, 1.807) is 6.20 Å². The minimum absolute atomic E-state index is 0.0175. The van der Waals surface area contributed by atoms with Crippen LogP contribution >= 0.6 is 0 Å². The first-order chi connectivity index (χ1) is 11.8. The van der Waals surface area contributed by atoms with Gasteiger partial charge in [-0.25, -0.2) is 9.97 Å². The number of rotatable bonds is 3. The second kappa shape index (κ2) is 6.59. The van der Waals surface area contributed by atoms with E-state index in [1.165, 1.54) is 0 Å². The summed E-state index contributed by atoms with van der Waals surface area (Å²) in [6.45, 7) is 8.63. The quantitative estimate of drug-likeness (QED) is 0.795. The van der Waals surface area contributed by atoms with Crippen LogP contribution in [-0.2, 0) is 12.0 Å². The van der Waals surface area contributed by atoms with Crippen molar-refractivity contribution in [2.24, 2.45) is 0 Å². The highest BCUT2D eigenvalue weighted by molar-refractivity contribution is 5.98. The van der Waals surface area contributed by atoms with Crippen molar-refractivity contribution in [3.8, 4) is 0 Å². The third kappa shape index (κ3) is 3.82. The second-order valence-electron chi connectivity index (χ2n) is 7.16. The molecule has 1 amide bonds. The van der Waals surface area contributed by atoms with E-state index >= 15 is 0 Å². The molecule has 3 aromatic heterocycles. The van der Waals surface area contributed by atoms with Crippen LogP contribution in [0.2, 0.25) is 0 Å². The van der Waals surface area contributed by atoms with E-state index in [1.807, 2.05) is 43.5 Å². The lowest BCUT2D eigenvalue weighted by molar-refractivity contribution is 0.0950. The third-order valence-electron chi connectivity index (χ3n) is 4.07. The first kappa shape index (κ1) is 17.0. The highest BCUT2D eigenvalue weighted by Gasteiger charge is 2.15. The number of carbonyl (C=O) groups is 1. The molecular formula is C20H22N4O. The maximum absolute atomic E-state index is 12.5. The lowest BCUT2D eigenvalue weighted by Gasteiger charge is -2.17. The molecule has 25 heavy (non-hydrogen) atoms. The highest BCUT2D eigenvalue weighted by atomic mass is 16.1. The van der Waals surface area contributed by atoms with Crippen molar-refractivity contribution in [3.63, 3.8) is 0 Å². The zero-order valence-electron chi connectivity index (χ0n) is 15.0. The maximum atomic E-state index is 12.5. The average molecular weight is 334 g/mol. The molecule has 128 valence electrons. The molecule has 0 radical (unpaired) electrons. The number of pyridine rings is 3. The van der Waals surface area contributed by atoms with Crippen LogP contribution in [0, 0.1) is 6.92 Å². The van der Waals surface area contributed by atoms with Crippen LogP contribution in [0.5, 0.6) is 0 Å². The summed E-state index contributed by atoms with van der Waals surface area (Å²) in [5, 5.41) is 3.80. The molecule has 0 unspecified atom stereocenters. The molecule has 3 rings (SSSR count). The monoisotopic (exact) mass is 334 g/mol. The van der Waals surface area contributed by atoms with Gasteiger partial charge in [0.1, 0.15) is 0 Å². The zero-order chi connectivity index (χ0) is 18.0. The summed E-state index contributed by atoms with van der Waals surface area (Å²) in [4.78, 5) is 25.6. The van der Waals surface area contributed by atoms with Crippen molar-refractivity contribution in [3.05, 3.63) is 65.2 Å². The summed E-state index contributed by atoms with van der Waals surface area (Å²) >= 11 is 0. The minimum Gasteiger partial charge on any atom is -0.348 e. The Bertz CT molecular complexity index is 911. The largest absolute Gasteiger partial charge is 0.348 e. The highest BCUT2D eigenvalue weighted by Crippen LogP contribution is 2.19. The first-order valence-electron chi connectivity index (χ1n) is 8.30. The summed E-state index contributed by atoms with van der Waals surface area (Å²) in [5.74, 6) is -0.143. The molecule has 0 aliphatic carbocycles. The van der Waals surface area contributed by atoms with Crippen molar-refractivity contribution in [2.75, 3.05) is 0 Å². The number of hydrogen-bond donors (Lipinski definition) is 1. The Balaban J connectivity index is 1.73. The van der Waals surface area contributed by atoms with Crippen LogP contribution in [0.25, 0.3) is 11.0 Å². The molecule has 3 heterocycles. The number of aromatic nitrogens is 3. The van der Waals surface area contributed by atoms with Gasteiger partial charge in [-0.15, -0.1) is 0 Å². The van der Waals surface area contributed by atoms with Gasteiger partial charge in [0.15, 0.2) is 5.65 Å². The molecule has 0 saturated carbocycles. The molecule has 1 N–H and O–H groups in total. The van der Waals surface area contributed by atoms with Crippen LogP contribution in [0.4, 0.5) is 0 Å². The molecular weight excluding hydrogens is 312 g/mol. The Morgan fingerprint density at radius 2 is 1.96 bits per heavy atom. The van der Waals surface area contributed by atoms with Gasteiger partial charge in [0, 0.05) is 35.4 Å². The van der Waals surface area contributed by atoms with Gasteiger partial charge in [0.2, 0.25) is 0 Å². The van der Waals surface area contributed by atoms with Gasteiger partial charge >= 0.3 is 0 Å². The average Bonchev–Trinajstić information content (AvgIpc) is 2.58. The third-order valence-corrected chi connectivity index (χ3v) is 4.07. The van der Waals surface area contributed by atoms with E-state index < -0.39 is 0 Å². The van der Waals surface area contributed by atoms with Crippen LogP contribution in [0.3, 0.4) is 0 Å². The van der Waals surface area contributed by atoms with Crippen molar-refractivity contribution in [2.45, 2.75) is 39.7 Å². The summed E-state index contributed by atoms with van der Waals surface area (Å²) in [7, 11) is 0. The maximum Gasteiger partial charge on any atom is 0.253 e. The van der Waals surface area contributed by atoms with E-state index in [0.29, 0.717) is 23.4 Å². The molecule has 5 nitrogen and oxygen atoms in total. The van der Waals surface area contributed by atoms with Crippen molar-refractivity contribution < 1.29 is 4.79 Å². The molecule has 0 saturated heterocycles. The molecule has 3 aromatic rings. The van der Waals surface area contributed by atoms with Gasteiger partial charge in [0.25, 0.3) is 5.91 Å². The Kier molecular flexibility index (Phi) is 4.49. The van der Waals surface area contributed by atoms with Gasteiger partial charge in [-0.1, -0.05) is 26.8 Å². The Labute approximate surface area is 147 Å². The second-order valence-corrected chi connectivity index (χ2v) is 7.16. The lowest BCUT2D eigenvalue weighted by Crippen LogP contribution is -2.24. The normalized spacial score (nSPS) is 11.5. The molecule has 0 aliphatic rings. The number of carbonyl (C=O) groups excluding carboxylic acids is 1. The first-order valence-corrected chi connectivity index (χ1v) is 8.30. The molecule has 0 spiro atoms. The smallest absolute Gasteiger partial charge is 0.253 e. The summed E-state index contributed by atoms with van der Waals surface area (Å²) in [6, 6.07) is 9.59. The molecule has 0 atom stereocenters. The summed E-state index contributed by atoms with van der Waals surface area (Å²) in [6.07, 6.45) is 3.51. The number of nitrogens with one attached hydrogen (secondary N) is 1. The van der Waals surface area contributed by atoms with E-state index in [9.17, 15) is 4.79 Å². The van der Waals surface area contributed by atoms with Gasteiger partial charge in [-0.05, 0) is 36.8 Å². The fourth-order valence-electron chi connectivity index (χ4n) is 2.57. The molecule has 0 aliphatic heterocycles. The fourth-order valence-corrected chi connectivity index (χ4v) is 2.57. The summed E-state index contributed by atoms with van der Waals surface area (Å²) in [5.41, 5.74) is 3.91. The molecule has 5 heteroatoms. The number of fused-ring (bicyclic) bond motifs is 1. The summed E-state index contributed by atoms with van der Waals surface area (Å²) < 4.78 is 0. The van der Waals surface area contributed by atoms with Crippen LogP contribution in [0.1, 0.15) is 48.1 Å². The van der Waals surface area contributed by atoms with E-state index in [4.69, 9.17) is 0 Å². The van der Waals surface area contributed by atoms with Crippen LogP contribution in [0.15, 0.2) is 42.7 Å². The standard InChI is InChI=1S/C20H22N4O/c1-13-16(10-15-6-5-9-21-18(15)24-13)19(25)23-12-14-7-8-17(22-11-14)20(2,3)4/h5-11H,12H2,1-4H3,(H,23,25). The fraction of sp³-hybridized carbons (Fsp3) is 0.300. The Morgan fingerprint density at radius 1 is 1.16 bits per heavy atom. The lowest BCUT2D eigenvalue weighted by atomic mass is 9.91. The minimum atomic E-state index is -0.143. The number of nitrogens with zero attached hydrogens (tertiary/aromatic N) is 3. The van der Waals surface area contributed by atoms with Crippen LogP contribution in [-0.4, -0.2) is 20.9 Å². The van der Waals surface area contributed by atoms with Crippen LogP contribution < -0.4 is 5.32 Å². The number of hydrogen-bond acceptors (Lipinski definition) is 4. The van der Waals surface area contributed by atoms with E-state index in [0.717, 1.165) is 16.6 Å². The SMILES string of the molecule is Cc1nc2ncccc2cc1C(=O)NCc1ccc(C(C)(C)C)nc1. The Hall–Kier alpha value is -2.82. The van der Waals surface area contributed by atoms with E-state index in [2.05, 4.69) is 41.0 Å². The van der Waals surface area contributed by atoms with Gasteiger partial charge in [0.05, 0.1) is 11.3 Å². The number of aryl methyl sites for hydroxylation is 1.